The summed E-state index contributed by atoms with van der Waals surface area (Å²) in [6.45, 7) is 5.91. The Morgan fingerprint density at radius 3 is 2.20 bits per heavy atom. The number of rotatable bonds is 3. The van der Waals surface area contributed by atoms with Crippen molar-refractivity contribution in [3.63, 3.8) is 0 Å². The Bertz CT molecular complexity index is 815. The van der Waals surface area contributed by atoms with Gasteiger partial charge in [0, 0.05) is 23.0 Å². The van der Waals surface area contributed by atoms with Crippen LogP contribution in [0.3, 0.4) is 0 Å². The Labute approximate surface area is 150 Å². The largest absolute Gasteiger partial charge is 0.298 e. The predicted octanol–water partition coefficient (Wildman–Crippen LogP) is 5.30. The summed E-state index contributed by atoms with van der Waals surface area (Å²) < 4.78 is 0. The summed E-state index contributed by atoms with van der Waals surface area (Å²) in [5, 5.41) is 0. The summed E-state index contributed by atoms with van der Waals surface area (Å²) in [6.07, 6.45) is 5.75. The number of hydrogen-bond acceptors (Lipinski definition) is 2. The van der Waals surface area contributed by atoms with Gasteiger partial charge in [0.2, 0.25) is 0 Å². The van der Waals surface area contributed by atoms with Crippen LogP contribution in [0.15, 0.2) is 36.4 Å². The Balaban J connectivity index is 0.000000880. The number of Topliss-reactive ketones (excluding diaryl/α,β-unsaturated/α-hetero) is 1. The van der Waals surface area contributed by atoms with Gasteiger partial charge in [0.15, 0.2) is 5.78 Å². The molecule has 25 heavy (non-hydrogen) atoms. The van der Waals surface area contributed by atoms with Crippen molar-refractivity contribution < 1.29 is 9.59 Å². The molecule has 0 radical (unpaired) electrons. The minimum atomic E-state index is 0.00766. The highest BCUT2D eigenvalue weighted by Crippen LogP contribution is 2.52. The lowest BCUT2D eigenvalue weighted by Crippen LogP contribution is -2.21. The van der Waals surface area contributed by atoms with E-state index in [0.717, 1.165) is 43.1 Å². The molecular weight excluding hydrogens is 308 g/mol. The Hall–Kier alpha value is -2.22. The first-order valence-corrected chi connectivity index (χ1v) is 9.43. The fourth-order valence-corrected chi connectivity index (χ4v) is 4.45. The molecule has 0 saturated heterocycles. The summed E-state index contributed by atoms with van der Waals surface area (Å²) in [6, 6.07) is 12.3. The molecule has 0 heterocycles. The zero-order chi connectivity index (χ0) is 18.0. The third kappa shape index (κ3) is 2.74. The van der Waals surface area contributed by atoms with Crippen LogP contribution < -0.4 is 0 Å². The zero-order valence-electron chi connectivity index (χ0n) is 15.4. The second-order valence-corrected chi connectivity index (χ2v) is 6.77. The van der Waals surface area contributed by atoms with Crippen molar-refractivity contribution in [3.8, 4) is 0 Å². The van der Waals surface area contributed by atoms with Crippen LogP contribution in [0.4, 0.5) is 0 Å². The molecule has 2 aromatic rings. The molecule has 2 aliphatic carbocycles. The molecule has 2 heteroatoms. The number of fused-ring (bicyclic) bond motifs is 4. The van der Waals surface area contributed by atoms with Crippen LogP contribution in [0.2, 0.25) is 0 Å². The fraction of sp³-hybridized carbons (Fsp3) is 0.391. The third-order valence-electron chi connectivity index (χ3n) is 5.70. The molecule has 4 rings (SSSR count). The van der Waals surface area contributed by atoms with Gasteiger partial charge in [-0.05, 0) is 60.1 Å². The van der Waals surface area contributed by atoms with E-state index < -0.39 is 0 Å². The minimum Gasteiger partial charge on any atom is -0.298 e. The van der Waals surface area contributed by atoms with E-state index in [-0.39, 0.29) is 11.2 Å². The monoisotopic (exact) mass is 334 g/mol. The Morgan fingerprint density at radius 2 is 1.60 bits per heavy atom. The molecule has 0 N–H and O–H groups in total. The average Bonchev–Trinajstić information content (AvgIpc) is 3.24. The van der Waals surface area contributed by atoms with Gasteiger partial charge in [-0.2, -0.15) is 0 Å². The molecule has 1 unspecified atom stereocenters. The quantitative estimate of drug-likeness (QED) is 0.564. The highest BCUT2D eigenvalue weighted by Gasteiger charge is 2.44. The lowest BCUT2D eigenvalue weighted by molar-refractivity contribution is 0.0987. The first-order chi connectivity index (χ1) is 12.2. The van der Waals surface area contributed by atoms with Gasteiger partial charge in [-0.3, -0.25) is 9.59 Å². The van der Waals surface area contributed by atoms with E-state index in [1.807, 2.05) is 32.9 Å². The van der Waals surface area contributed by atoms with E-state index in [9.17, 15) is 9.59 Å². The molecule has 0 aliphatic heterocycles. The first kappa shape index (κ1) is 17.6. The molecular formula is C23H26O2. The lowest BCUT2D eigenvalue weighted by Gasteiger charge is -2.27. The van der Waals surface area contributed by atoms with Crippen LogP contribution in [-0.4, -0.2) is 12.1 Å². The normalized spacial score (nSPS) is 19.8. The third-order valence-corrected chi connectivity index (χ3v) is 5.70. The van der Waals surface area contributed by atoms with Gasteiger partial charge in [-0.1, -0.05) is 45.0 Å². The van der Waals surface area contributed by atoms with Crippen LogP contribution in [0, 0.1) is 0 Å². The molecule has 0 bridgehead atoms. The van der Waals surface area contributed by atoms with Gasteiger partial charge < -0.3 is 0 Å². The SMILES string of the molecule is CC.CCC(=O)c1ccc2c(c1)C1(CCc3ccc(C=O)cc31)CC2. The highest BCUT2D eigenvalue weighted by atomic mass is 16.1. The molecule has 2 nitrogen and oxygen atoms in total. The van der Waals surface area contributed by atoms with Crippen LogP contribution in [0.5, 0.6) is 0 Å². The van der Waals surface area contributed by atoms with Gasteiger partial charge in [0.25, 0.3) is 0 Å². The number of hydrogen-bond donors (Lipinski definition) is 0. The number of carbonyl (C=O) groups is 2. The van der Waals surface area contributed by atoms with Crippen LogP contribution >= 0.6 is 0 Å². The van der Waals surface area contributed by atoms with Gasteiger partial charge in [-0.15, -0.1) is 0 Å². The standard InChI is InChI=1S/C21H20O2.C2H6/c1-2-20(23)17-6-5-16-8-10-21(19(16)12-17)9-7-15-4-3-14(13-22)11-18(15)21;1-2/h3-6,11-13H,2,7-10H2,1H3;1-2H3. The molecule has 0 saturated carbocycles. The van der Waals surface area contributed by atoms with Gasteiger partial charge in [0.05, 0.1) is 0 Å². The molecule has 130 valence electrons. The maximum atomic E-state index is 12.1. The second kappa shape index (κ2) is 6.95. The lowest BCUT2D eigenvalue weighted by atomic mass is 9.76. The Kier molecular flexibility index (Phi) is 4.89. The molecule has 0 amide bonds. The number of benzene rings is 2. The average molecular weight is 334 g/mol. The van der Waals surface area contributed by atoms with Crippen molar-refractivity contribution in [2.75, 3.05) is 0 Å². The maximum Gasteiger partial charge on any atom is 0.162 e. The van der Waals surface area contributed by atoms with E-state index in [4.69, 9.17) is 0 Å². The summed E-state index contributed by atoms with van der Waals surface area (Å²) >= 11 is 0. The summed E-state index contributed by atoms with van der Waals surface area (Å²) in [5.41, 5.74) is 6.93. The van der Waals surface area contributed by atoms with Crippen molar-refractivity contribution in [2.24, 2.45) is 0 Å². The minimum absolute atomic E-state index is 0.00766. The van der Waals surface area contributed by atoms with Crippen LogP contribution in [0.25, 0.3) is 0 Å². The molecule has 2 aromatic carbocycles. The molecule has 0 fully saturated rings. The van der Waals surface area contributed by atoms with Crippen molar-refractivity contribution in [1.82, 2.24) is 0 Å². The van der Waals surface area contributed by atoms with Crippen LogP contribution in [0.1, 0.15) is 83.0 Å². The van der Waals surface area contributed by atoms with Crippen molar-refractivity contribution in [3.05, 3.63) is 69.8 Å². The van der Waals surface area contributed by atoms with Gasteiger partial charge in [0.1, 0.15) is 6.29 Å². The van der Waals surface area contributed by atoms with Gasteiger partial charge >= 0.3 is 0 Å². The topological polar surface area (TPSA) is 34.1 Å². The van der Waals surface area contributed by atoms with E-state index >= 15 is 0 Å². The molecule has 1 atom stereocenters. The van der Waals surface area contributed by atoms with E-state index in [1.54, 1.807) is 0 Å². The fourth-order valence-electron chi connectivity index (χ4n) is 4.45. The molecule has 0 aromatic heterocycles. The smallest absolute Gasteiger partial charge is 0.162 e. The first-order valence-electron chi connectivity index (χ1n) is 9.43. The molecule has 1 spiro atoms. The second-order valence-electron chi connectivity index (χ2n) is 6.77. The summed E-state index contributed by atoms with van der Waals surface area (Å²) in [4.78, 5) is 23.3. The Morgan fingerprint density at radius 1 is 1.00 bits per heavy atom. The number of aldehydes is 1. The maximum absolute atomic E-state index is 12.1. The summed E-state index contributed by atoms with van der Waals surface area (Å²) in [7, 11) is 0. The molecule has 2 aliphatic rings. The zero-order valence-corrected chi connectivity index (χ0v) is 15.4. The van der Waals surface area contributed by atoms with Crippen LogP contribution in [-0.2, 0) is 18.3 Å². The number of aryl methyl sites for hydroxylation is 2. The van der Waals surface area contributed by atoms with Crippen molar-refractivity contribution in [2.45, 2.75) is 58.3 Å². The highest BCUT2D eigenvalue weighted by molar-refractivity contribution is 5.96. The predicted molar refractivity (Wildman–Crippen MR) is 102 cm³/mol. The van der Waals surface area contributed by atoms with Gasteiger partial charge in [-0.25, -0.2) is 0 Å². The number of ketones is 1. The summed E-state index contributed by atoms with van der Waals surface area (Å²) in [5.74, 6) is 0.203. The van der Waals surface area contributed by atoms with E-state index in [2.05, 4.69) is 24.3 Å². The van der Waals surface area contributed by atoms with Crippen molar-refractivity contribution in [1.29, 1.82) is 0 Å². The van der Waals surface area contributed by atoms with E-state index in [1.165, 1.54) is 22.3 Å². The van der Waals surface area contributed by atoms with Crippen molar-refractivity contribution >= 4 is 12.1 Å². The van der Waals surface area contributed by atoms with E-state index in [0.29, 0.717) is 6.42 Å². The number of carbonyl (C=O) groups excluding carboxylic acids is 2.